The lowest BCUT2D eigenvalue weighted by Gasteiger charge is -2.20. The number of likely N-dealkylation sites (N-methyl/N-ethyl adjacent to an activating group) is 1. The van der Waals surface area contributed by atoms with Gasteiger partial charge in [-0.05, 0) is 17.2 Å². The number of hydrogen-bond acceptors (Lipinski definition) is 2. The highest BCUT2D eigenvalue weighted by Crippen LogP contribution is 2.38. The Kier molecular flexibility index (Phi) is 3.85. The van der Waals surface area contributed by atoms with Crippen molar-refractivity contribution < 1.29 is 9.90 Å². The molecule has 1 saturated heterocycles. The molecule has 2 aromatic carbocycles. The van der Waals surface area contributed by atoms with E-state index in [-0.39, 0.29) is 12.0 Å². The van der Waals surface area contributed by atoms with E-state index in [1.54, 1.807) is 11.9 Å². The highest BCUT2D eigenvalue weighted by atomic mass is 16.4. The minimum absolute atomic E-state index is 0.0477. The van der Waals surface area contributed by atoms with Gasteiger partial charge in [0.15, 0.2) is 0 Å². The van der Waals surface area contributed by atoms with E-state index in [1.165, 1.54) is 0 Å². The lowest BCUT2D eigenvalue weighted by Crippen LogP contribution is -2.33. The number of benzene rings is 2. The molecule has 1 aliphatic heterocycles. The van der Waals surface area contributed by atoms with Gasteiger partial charge < -0.3 is 10.0 Å². The van der Waals surface area contributed by atoms with Crippen LogP contribution < -0.4 is 0 Å². The van der Waals surface area contributed by atoms with E-state index >= 15 is 0 Å². The summed E-state index contributed by atoms with van der Waals surface area (Å²) in [6, 6.07) is 18.9. The molecule has 1 unspecified atom stereocenters. The number of hydrogen-bond donors (Lipinski definition) is 2. The molecule has 0 aliphatic carbocycles. The van der Waals surface area contributed by atoms with E-state index < -0.39 is 6.09 Å². The maximum absolute atomic E-state index is 11.7. The number of nitrogens with one attached hydrogen (secondary N) is 1. The van der Waals surface area contributed by atoms with Crippen LogP contribution in [0.25, 0.3) is 6.08 Å². The van der Waals surface area contributed by atoms with Crippen molar-refractivity contribution in [2.45, 2.75) is 6.04 Å². The first-order valence-corrected chi connectivity index (χ1v) is 7.25. The molecule has 0 radical (unpaired) electrons. The second-order valence-corrected chi connectivity index (χ2v) is 5.35. The Labute approximate surface area is 134 Å². The van der Waals surface area contributed by atoms with Gasteiger partial charge >= 0.3 is 6.09 Å². The van der Waals surface area contributed by atoms with Crippen molar-refractivity contribution in [1.82, 2.24) is 9.80 Å². The summed E-state index contributed by atoms with van der Waals surface area (Å²) >= 11 is 0. The summed E-state index contributed by atoms with van der Waals surface area (Å²) in [5, 5.41) is 17.7. The molecule has 1 heterocycles. The van der Waals surface area contributed by atoms with Gasteiger partial charge in [-0.2, -0.15) is 0 Å². The minimum Gasteiger partial charge on any atom is -0.464 e. The van der Waals surface area contributed by atoms with Crippen LogP contribution in [0, 0.1) is 5.41 Å². The molecule has 1 aliphatic rings. The predicted octanol–water partition coefficient (Wildman–Crippen LogP) is 3.63. The Balaban J connectivity index is 2.14. The average molecular weight is 307 g/mol. The number of carboxylic acid groups (broad SMARTS) is 1. The van der Waals surface area contributed by atoms with Crippen LogP contribution in [0.3, 0.4) is 0 Å². The summed E-state index contributed by atoms with van der Waals surface area (Å²) in [4.78, 5) is 14.3. The summed E-state index contributed by atoms with van der Waals surface area (Å²) in [6.07, 6.45) is 0.673. The monoisotopic (exact) mass is 307 g/mol. The molecule has 2 N–H and O–H groups in total. The number of rotatable bonds is 2. The van der Waals surface area contributed by atoms with Crippen LogP contribution in [-0.4, -0.2) is 34.0 Å². The molecule has 116 valence electrons. The first kappa shape index (κ1) is 14.8. The van der Waals surface area contributed by atoms with E-state index in [0.29, 0.717) is 5.70 Å². The van der Waals surface area contributed by atoms with Crippen molar-refractivity contribution in [2.75, 3.05) is 7.05 Å². The molecule has 0 spiro atoms. The summed E-state index contributed by atoms with van der Waals surface area (Å²) in [5.41, 5.74) is 2.41. The Hall–Kier alpha value is -3.08. The zero-order valence-electron chi connectivity index (χ0n) is 12.7. The number of carbonyl (C=O) groups is 1. The second kappa shape index (κ2) is 5.96. The van der Waals surface area contributed by atoms with Gasteiger partial charge in [-0.15, -0.1) is 0 Å². The lowest BCUT2D eigenvalue weighted by atomic mass is 10.0. The fraction of sp³-hybridized carbons (Fsp3) is 0.111. The molecule has 2 aromatic rings. The Bertz CT molecular complexity index is 756. The predicted molar refractivity (Wildman–Crippen MR) is 89.0 cm³/mol. The molecule has 5 heteroatoms. The molecule has 0 bridgehead atoms. The molecule has 0 saturated carbocycles. The van der Waals surface area contributed by atoms with Crippen molar-refractivity contribution in [3.8, 4) is 0 Å². The van der Waals surface area contributed by atoms with Gasteiger partial charge in [0.1, 0.15) is 0 Å². The number of amides is 1. The summed E-state index contributed by atoms with van der Waals surface area (Å²) in [6.45, 7) is 0. The highest BCUT2D eigenvalue weighted by Gasteiger charge is 2.41. The molecular formula is C18H17N3O2. The fourth-order valence-corrected chi connectivity index (χ4v) is 2.82. The lowest BCUT2D eigenvalue weighted by molar-refractivity contribution is 0.177. The molecule has 5 nitrogen and oxygen atoms in total. The second-order valence-electron chi connectivity index (χ2n) is 5.35. The normalized spacial score (nSPS) is 19.4. The van der Waals surface area contributed by atoms with Crippen LogP contribution in [0.2, 0.25) is 0 Å². The molecule has 0 aromatic heterocycles. The van der Waals surface area contributed by atoms with E-state index in [1.807, 2.05) is 66.7 Å². The number of nitrogens with zero attached hydrogens (tertiary/aromatic N) is 2. The number of guanidine groups is 1. The fourth-order valence-electron chi connectivity index (χ4n) is 2.82. The van der Waals surface area contributed by atoms with Crippen LogP contribution in [0.15, 0.2) is 66.4 Å². The third-order valence-corrected chi connectivity index (χ3v) is 3.89. The maximum Gasteiger partial charge on any atom is 0.418 e. The standard InChI is InChI=1S/C18H17N3O2/c1-20-16(14-10-6-3-7-11-14)15(21(17(20)19)18(22)23)12-13-8-4-2-5-9-13/h2-12,16,19H,1H3,(H,22,23)/b15-12-,19-17?. The average Bonchev–Trinajstić information content (AvgIpc) is 2.80. The first-order valence-electron chi connectivity index (χ1n) is 7.25. The van der Waals surface area contributed by atoms with Crippen molar-refractivity contribution in [2.24, 2.45) is 0 Å². The van der Waals surface area contributed by atoms with Crippen molar-refractivity contribution >= 4 is 18.1 Å². The smallest absolute Gasteiger partial charge is 0.418 e. The molecule has 1 fully saturated rings. The van der Waals surface area contributed by atoms with E-state index in [4.69, 9.17) is 5.41 Å². The van der Waals surface area contributed by atoms with E-state index in [9.17, 15) is 9.90 Å². The molecule has 3 rings (SSSR count). The third-order valence-electron chi connectivity index (χ3n) is 3.89. The molecule has 23 heavy (non-hydrogen) atoms. The Morgan fingerprint density at radius 2 is 1.65 bits per heavy atom. The van der Waals surface area contributed by atoms with Gasteiger partial charge in [-0.3, -0.25) is 5.41 Å². The van der Waals surface area contributed by atoms with Gasteiger partial charge in [-0.25, -0.2) is 9.69 Å². The van der Waals surface area contributed by atoms with Gasteiger partial charge in [0, 0.05) is 7.05 Å². The largest absolute Gasteiger partial charge is 0.464 e. The van der Waals surface area contributed by atoms with Crippen LogP contribution in [0.5, 0.6) is 0 Å². The van der Waals surface area contributed by atoms with Crippen LogP contribution in [-0.2, 0) is 0 Å². The van der Waals surface area contributed by atoms with Gasteiger partial charge in [-0.1, -0.05) is 60.7 Å². The zero-order valence-corrected chi connectivity index (χ0v) is 12.7. The van der Waals surface area contributed by atoms with Crippen molar-refractivity contribution in [1.29, 1.82) is 5.41 Å². The van der Waals surface area contributed by atoms with E-state index in [2.05, 4.69) is 0 Å². The van der Waals surface area contributed by atoms with E-state index in [0.717, 1.165) is 16.0 Å². The molecule has 1 atom stereocenters. The Morgan fingerprint density at radius 3 is 2.22 bits per heavy atom. The highest BCUT2D eigenvalue weighted by molar-refractivity contribution is 5.98. The van der Waals surface area contributed by atoms with Gasteiger partial charge in [0.2, 0.25) is 5.96 Å². The molecule has 1 amide bonds. The van der Waals surface area contributed by atoms with Crippen LogP contribution in [0.4, 0.5) is 4.79 Å². The first-order chi connectivity index (χ1) is 11.1. The summed E-state index contributed by atoms with van der Waals surface area (Å²) < 4.78 is 0. The summed E-state index contributed by atoms with van der Waals surface area (Å²) in [5.74, 6) is -0.0477. The van der Waals surface area contributed by atoms with Crippen LogP contribution in [0.1, 0.15) is 17.2 Å². The van der Waals surface area contributed by atoms with Crippen LogP contribution >= 0.6 is 0 Å². The molecular weight excluding hydrogens is 290 g/mol. The topological polar surface area (TPSA) is 67.6 Å². The van der Waals surface area contributed by atoms with Crippen molar-refractivity contribution in [3.63, 3.8) is 0 Å². The quantitative estimate of drug-likeness (QED) is 0.890. The zero-order chi connectivity index (χ0) is 16.4. The third kappa shape index (κ3) is 2.68. The van der Waals surface area contributed by atoms with Crippen molar-refractivity contribution in [3.05, 3.63) is 77.5 Å². The maximum atomic E-state index is 11.7. The minimum atomic E-state index is -1.15. The van der Waals surface area contributed by atoms with Gasteiger partial charge in [0.25, 0.3) is 0 Å². The van der Waals surface area contributed by atoms with Gasteiger partial charge in [0.05, 0.1) is 11.7 Å². The summed E-state index contributed by atoms with van der Waals surface area (Å²) in [7, 11) is 1.74. The Morgan fingerprint density at radius 1 is 1.09 bits per heavy atom. The SMILES string of the molecule is CN1C(=N)N(C(=O)O)/C(=C\c2ccccc2)C1c1ccccc1.